The number of amides is 1. The van der Waals surface area contributed by atoms with Crippen LogP contribution >= 0.6 is 11.6 Å². The topological polar surface area (TPSA) is 44.4 Å². The van der Waals surface area contributed by atoms with Crippen LogP contribution in [-0.4, -0.2) is 33.1 Å². The number of rotatable bonds is 3. The number of anilines is 2. The molecular formula is C14H20ClN3O. The van der Waals surface area contributed by atoms with Gasteiger partial charge < -0.3 is 15.5 Å². The van der Waals surface area contributed by atoms with Crippen molar-refractivity contribution in [1.82, 2.24) is 5.32 Å². The van der Waals surface area contributed by atoms with Crippen LogP contribution in [0.1, 0.15) is 12.8 Å². The van der Waals surface area contributed by atoms with Gasteiger partial charge in [0.05, 0.1) is 16.6 Å². The van der Waals surface area contributed by atoms with Gasteiger partial charge in [0.25, 0.3) is 0 Å². The molecule has 1 aliphatic rings. The zero-order valence-corrected chi connectivity index (χ0v) is 12.1. The van der Waals surface area contributed by atoms with E-state index in [1.807, 2.05) is 31.1 Å². The molecule has 0 aromatic heterocycles. The summed E-state index contributed by atoms with van der Waals surface area (Å²) in [7, 11) is 3.88. The number of hydrogen-bond donors (Lipinski definition) is 2. The molecule has 1 amide bonds. The quantitative estimate of drug-likeness (QED) is 0.894. The standard InChI is InChI=1S/C14H20ClN3O/c1-18(2)13-6-5-11(8-12(13)15)17-14(19)10-4-3-7-16-9-10/h5-6,8,10,16H,3-4,7,9H2,1-2H3,(H,17,19). The minimum atomic E-state index is 0.0565. The third-order valence-corrected chi connectivity index (χ3v) is 3.67. The van der Waals surface area contributed by atoms with E-state index in [1.165, 1.54) is 0 Å². The summed E-state index contributed by atoms with van der Waals surface area (Å²) in [5.74, 6) is 0.127. The maximum absolute atomic E-state index is 12.1. The van der Waals surface area contributed by atoms with Crippen LogP contribution in [0.15, 0.2) is 18.2 Å². The van der Waals surface area contributed by atoms with Crippen molar-refractivity contribution in [3.63, 3.8) is 0 Å². The molecule has 1 heterocycles. The predicted octanol–water partition coefficient (Wildman–Crippen LogP) is 2.34. The molecule has 1 fully saturated rings. The van der Waals surface area contributed by atoms with Gasteiger partial charge >= 0.3 is 0 Å². The highest BCUT2D eigenvalue weighted by atomic mass is 35.5. The molecule has 0 radical (unpaired) electrons. The lowest BCUT2D eigenvalue weighted by atomic mass is 9.99. The Morgan fingerprint density at radius 2 is 2.26 bits per heavy atom. The second-order valence-electron chi connectivity index (χ2n) is 5.09. The molecule has 1 aliphatic heterocycles. The summed E-state index contributed by atoms with van der Waals surface area (Å²) >= 11 is 6.19. The summed E-state index contributed by atoms with van der Waals surface area (Å²) in [6, 6.07) is 5.59. The SMILES string of the molecule is CN(C)c1ccc(NC(=O)C2CCCNC2)cc1Cl. The molecule has 2 N–H and O–H groups in total. The van der Waals surface area contributed by atoms with Crippen LogP contribution in [0.2, 0.25) is 5.02 Å². The normalized spacial score (nSPS) is 19.0. The van der Waals surface area contributed by atoms with Crippen LogP contribution in [0.5, 0.6) is 0 Å². The van der Waals surface area contributed by atoms with Crippen LogP contribution in [0, 0.1) is 5.92 Å². The number of carbonyl (C=O) groups excluding carboxylic acids is 1. The van der Waals surface area contributed by atoms with E-state index in [-0.39, 0.29) is 11.8 Å². The molecule has 5 heteroatoms. The Kier molecular flexibility index (Phi) is 4.66. The second-order valence-corrected chi connectivity index (χ2v) is 5.50. The molecule has 1 aromatic carbocycles. The molecule has 1 unspecified atom stereocenters. The van der Waals surface area contributed by atoms with Crippen LogP contribution in [0.25, 0.3) is 0 Å². The molecule has 1 aromatic rings. The summed E-state index contributed by atoms with van der Waals surface area (Å²) < 4.78 is 0. The first-order valence-corrected chi connectivity index (χ1v) is 6.94. The van der Waals surface area contributed by atoms with Crippen molar-refractivity contribution in [1.29, 1.82) is 0 Å². The number of carbonyl (C=O) groups is 1. The monoisotopic (exact) mass is 281 g/mol. The van der Waals surface area contributed by atoms with Gasteiger partial charge in [0.15, 0.2) is 0 Å². The van der Waals surface area contributed by atoms with Crippen molar-refractivity contribution < 1.29 is 4.79 Å². The molecule has 1 saturated heterocycles. The van der Waals surface area contributed by atoms with E-state index in [4.69, 9.17) is 11.6 Å². The van der Waals surface area contributed by atoms with E-state index in [1.54, 1.807) is 6.07 Å². The van der Waals surface area contributed by atoms with Gasteiger partial charge in [-0.15, -0.1) is 0 Å². The van der Waals surface area contributed by atoms with Gasteiger partial charge in [0.1, 0.15) is 0 Å². The van der Waals surface area contributed by atoms with Crippen molar-refractivity contribution in [2.75, 3.05) is 37.4 Å². The molecule has 19 heavy (non-hydrogen) atoms. The highest BCUT2D eigenvalue weighted by Crippen LogP contribution is 2.27. The minimum absolute atomic E-state index is 0.0565. The first-order valence-electron chi connectivity index (χ1n) is 6.56. The Morgan fingerprint density at radius 1 is 1.47 bits per heavy atom. The fraction of sp³-hybridized carbons (Fsp3) is 0.500. The van der Waals surface area contributed by atoms with Crippen LogP contribution in [-0.2, 0) is 4.79 Å². The maximum atomic E-state index is 12.1. The van der Waals surface area contributed by atoms with Crippen molar-refractivity contribution in [2.45, 2.75) is 12.8 Å². The van der Waals surface area contributed by atoms with Gasteiger partial charge in [0.2, 0.25) is 5.91 Å². The Morgan fingerprint density at radius 3 is 2.84 bits per heavy atom. The number of nitrogens with zero attached hydrogens (tertiary/aromatic N) is 1. The molecular weight excluding hydrogens is 262 g/mol. The lowest BCUT2D eigenvalue weighted by Gasteiger charge is -2.22. The van der Waals surface area contributed by atoms with E-state index in [0.29, 0.717) is 5.02 Å². The summed E-state index contributed by atoms with van der Waals surface area (Å²) in [4.78, 5) is 14.0. The second kappa shape index (κ2) is 6.26. The number of piperidine rings is 1. The molecule has 4 nitrogen and oxygen atoms in total. The number of halogens is 1. The number of nitrogens with one attached hydrogen (secondary N) is 2. The Hall–Kier alpha value is -1.26. The Bertz CT molecular complexity index is 456. The van der Waals surface area contributed by atoms with E-state index in [0.717, 1.165) is 37.3 Å². The largest absolute Gasteiger partial charge is 0.376 e. The zero-order valence-electron chi connectivity index (χ0n) is 11.4. The molecule has 0 aliphatic carbocycles. The molecule has 0 saturated carbocycles. The smallest absolute Gasteiger partial charge is 0.228 e. The molecule has 0 bridgehead atoms. The Balaban J connectivity index is 2.02. The number of hydrogen-bond acceptors (Lipinski definition) is 3. The number of benzene rings is 1. The molecule has 104 valence electrons. The summed E-state index contributed by atoms with van der Waals surface area (Å²) in [6.45, 7) is 1.77. The van der Waals surface area contributed by atoms with E-state index in [9.17, 15) is 4.79 Å². The molecule has 1 atom stereocenters. The summed E-state index contributed by atoms with van der Waals surface area (Å²) in [5.41, 5.74) is 1.70. The maximum Gasteiger partial charge on any atom is 0.228 e. The average Bonchev–Trinajstić information content (AvgIpc) is 2.39. The van der Waals surface area contributed by atoms with Gasteiger partial charge in [-0.1, -0.05) is 11.6 Å². The van der Waals surface area contributed by atoms with Crippen molar-refractivity contribution in [2.24, 2.45) is 5.92 Å². The lowest BCUT2D eigenvalue weighted by molar-refractivity contribution is -0.120. The van der Waals surface area contributed by atoms with Gasteiger partial charge in [0, 0.05) is 26.3 Å². The van der Waals surface area contributed by atoms with Crippen molar-refractivity contribution in [3.05, 3.63) is 23.2 Å². The van der Waals surface area contributed by atoms with Crippen molar-refractivity contribution in [3.8, 4) is 0 Å². The van der Waals surface area contributed by atoms with Gasteiger partial charge in [-0.05, 0) is 37.6 Å². The van der Waals surface area contributed by atoms with Gasteiger partial charge in [-0.25, -0.2) is 0 Å². The van der Waals surface area contributed by atoms with Gasteiger partial charge in [-0.3, -0.25) is 4.79 Å². The third-order valence-electron chi connectivity index (χ3n) is 3.36. The molecule has 0 spiro atoms. The third kappa shape index (κ3) is 3.61. The predicted molar refractivity (Wildman–Crippen MR) is 80.0 cm³/mol. The van der Waals surface area contributed by atoms with E-state index >= 15 is 0 Å². The highest BCUT2D eigenvalue weighted by molar-refractivity contribution is 6.33. The first-order chi connectivity index (χ1) is 9.08. The Labute approximate surface area is 119 Å². The zero-order chi connectivity index (χ0) is 13.8. The summed E-state index contributed by atoms with van der Waals surface area (Å²) in [6.07, 6.45) is 2.00. The van der Waals surface area contributed by atoms with E-state index < -0.39 is 0 Å². The fourth-order valence-electron chi connectivity index (χ4n) is 2.27. The van der Waals surface area contributed by atoms with Crippen LogP contribution < -0.4 is 15.5 Å². The van der Waals surface area contributed by atoms with Crippen LogP contribution in [0.4, 0.5) is 11.4 Å². The lowest BCUT2D eigenvalue weighted by Crippen LogP contribution is -2.37. The first kappa shape index (κ1) is 14.2. The van der Waals surface area contributed by atoms with Crippen molar-refractivity contribution >= 4 is 28.9 Å². The highest BCUT2D eigenvalue weighted by Gasteiger charge is 2.21. The molecule has 2 rings (SSSR count). The van der Waals surface area contributed by atoms with E-state index in [2.05, 4.69) is 10.6 Å². The minimum Gasteiger partial charge on any atom is -0.376 e. The average molecular weight is 282 g/mol. The summed E-state index contributed by atoms with van der Waals surface area (Å²) in [5, 5.41) is 6.82. The fourth-order valence-corrected chi connectivity index (χ4v) is 2.62. The van der Waals surface area contributed by atoms with Crippen LogP contribution in [0.3, 0.4) is 0 Å². The van der Waals surface area contributed by atoms with Gasteiger partial charge in [-0.2, -0.15) is 0 Å².